The Morgan fingerprint density at radius 2 is 1.83 bits per heavy atom. The van der Waals surface area contributed by atoms with E-state index in [1.54, 1.807) is 0 Å². The van der Waals surface area contributed by atoms with Crippen molar-refractivity contribution in [2.75, 3.05) is 18.4 Å². The summed E-state index contributed by atoms with van der Waals surface area (Å²) in [6.07, 6.45) is 4.46. The number of benzene rings is 1. The van der Waals surface area contributed by atoms with Gasteiger partial charge >= 0.3 is 0 Å². The fourth-order valence-electron chi connectivity index (χ4n) is 3.84. The zero-order valence-electron chi connectivity index (χ0n) is 14.5. The number of nitrogens with one attached hydrogen (secondary N) is 2. The lowest BCUT2D eigenvalue weighted by Gasteiger charge is -2.30. The van der Waals surface area contributed by atoms with Gasteiger partial charge in [0.05, 0.1) is 5.69 Å². The highest BCUT2D eigenvalue weighted by atomic mass is 15.2. The van der Waals surface area contributed by atoms with Crippen molar-refractivity contribution in [3.8, 4) is 0 Å². The van der Waals surface area contributed by atoms with Gasteiger partial charge in [0, 0.05) is 36.6 Å². The molecule has 0 radical (unpaired) electrons. The smallest absolute Gasteiger partial charge is 0.227 e. The molecule has 1 aromatic heterocycles. The van der Waals surface area contributed by atoms with Crippen LogP contribution in [0, 0.1) is 13.8 Å². The van der Waals surface area contributed by atoms with E-state index in [2.05, 4.69) is 52.6 Å². The van der Waals surface area contributed by atoms with Crippen LogP contribution in [-0.4, -0.2) is 34.0 Å². The fraction of sp³-hybridized carbons (Fsp3) is 0.474. The molecule has 3 heterocycles. The van der Waals surface area contributed by atoms with Gasteiger partial charge in [0.2, 0.25) is 5.95 Å². The molecule has 24 heavy (non-hydrogen) atoms. The van der Waals surface area contributed by atoms with Crippen LogP contribution in [0.5, 0.6) is 0 Å². The number of aryl methyl sites for hydroxylation is 2. The molecule has 0 saturated carbocycles. The number of anilines is 2. The molecule has 2 aromatic rings. The maximum absolute atomic E-state index is 4.77. The quantitative estimate of drug-likeness (QED) is 0.909. The van der Waals surface area contributed by atoms with E-state index >= 15 is 0 Å². The lowest BCUT2D eigenvalue weighted by atomic mass is 10.1. The number of hydrogen-bond donors (Lipinski definition) is 2. The third-order valence-corrected chi connectivity index (χ3v) is 4.98. The van der Waals surface area contributed by atoms with Crippen LogP contribution in [0.25, 0.3) is 0 Å². The van der Waals surface area contributed by atoms with E-state index in [1.807, 2.05) is 6.20 Å². The molecule has 0 amide bonds. The largest absolute Gasteiger partial charge is 0.324 e. The number of hydrogen-bond acceptors (Lipinski definition) is 5. The van der Waals surface area contributed by atoms with Crippen molar-refractivity contribution in [1.29, 1.82) is 0 Å². The lowest BCUT2D eigenvalue weighted by molar-refractivity contribution is 0.162. The monoisotopic (exact) mass is 323 g/mol. The van der Waals surface area contributed by atoms with Crippen molar-refractivity contribution in [3.63, 3.8) is 0 Å². The molecule has 5 nitrogen and oxygen atoms in total. The third kappa shape index (κ3) is 3.28. The maximum Gasteiger partial charge on any atom is 0.227 e. The number of nitrogens with zero attached hydrogens (tertiary/aromatic N) is 3. The third-order valence-electron chi connectivity index (χ3n) is 4.98. The molecule has 0 spiro atoms. The first-order valence-corrected chi connectivity index (χ1v) is 8.82. The van der Waals surface area contributed by atoms with Gasteiger partial charge in [0.15, 0.2) is 0 Å². The van der Waals surface area contributed by atoms with Crippen molar-refractivity contribution < 1.29 is 0 Å². The SMILES string of the molecule is Cc1cc(C)cc(Nc2ncc3c(n2)CN(C2CCNCC2)C3)c1. The van der Waals surface area contributed by atoms with Crippen LogP contribution in [0.15, 0.2) is 24.4 Å². The molecule has 2 aliphatic rings. The number of rotatable bonds is 3. The normalized spacial score (nSPS) is 18.6. The Hall–Kier alpha value is -1.98. The van der Waals surface area contributed by atoms with Gasteiger partial charge in [-0.3, -0.25) is 4.90 Å². The standard InChI is InChI=1S/C19H25N5/c1-13-7-14(2)9-16(8-13)22-19-21-10-15-11-24(12-18(15)23-19)17-3-5-20-6-4-17/h7-10,17,20H,3-6,11-12H2,1-2H3,(H,21,22,23). The van der Waals surface area contributed by atoms with E-state index in [9.17, 15) is 0 Å². The first-order chi connectivity index (χ1) is 11.7. The molecule has 0 bridgehead atoms. The Morgan fingerprint density at radius 1 is 1.08 bits per heavy atom. The Kier molecular flexibility index (Phi) is 4.21. The topological polar surface area (TPSA) is 53.1 Å². The predicted molar refractivity (Wildman–Crippen MR) is 96.4 cm³/mol. The minimum absolute atomic E-state index is 0.677. The second kappa shape index (κ2) is 6.49. The summed E-state index contributed by atoms with van der Waals surface area (Å²) >= 11 is 0. The van der Waals surface area contributed by atoms with Crippen molar-refractivity contribution in [3.05, 3.63) is 46.8 Å². The molecule has 126 valence electrons. The van der Waals surface area contributed by atoms with Gasteiger partial charge in [0.1, 0.15) is 0 Å². The second-order valence-corrected chi connectivity index (χ2v) is 7.05. The second-order valence-electron chi connectivity index (χ2n) is 7.05. The molecule has 1 fully saturated rings. The summed E-state index contributed by atoms with van der Waals surface area (Å²) < 4.78 is 0. The number of aromatic nitrogens is 2. The Bertz CT molecular complexity index is 716. The van der Waals surface area contributed by atoms with E-state index in [-0.39, 0.29) is 0 Å². The van der Waals surface area contributed by atoms with E-state index in [1.165, 1.54) is 35.2 Å². The molecule has 0 unspecified atom stereocenters. The number of piperidine rings is 1. The molecular formula is C19H25N5. The van der Waals surface area contributed by atoms with Gasteiger partial charge in [-0.15, -0.1) is 0 Å². The van der Waals surface area contributed by atoms with Crippen LogP contribution >= 0.6 is 0 Å². The molecule has 0 aliphatic carbocycles. The van der Waals surface area contributed by atoms with Crippen molar-refractivity contribution in [1.82, 2.24) is 20.2 Å². The van der Waals surface area contributed by atoms with Gasteiger partial charge in [-0.05, 0) is 63.0 Å². The Labute approximate surface area is 143 Å². The molecule has 0 atom stereocenters. The van der Waals surface area contributed by atoms with E-state index in [0.29, 0.717) is 12.0 Å². The summed E-state index contributed by atoms with van der Waals surface area (Å²) in [6.45, 7) is 8.41. The highest BCUT2D eigenvalue weighted by molar-refractivity contribution is 5.56. The van der Waals surface area contributed by atoms with E-state index < -0.39 is 0 Å². The predicted octanol–water partition coefficient (Wildman–Crippen LogP) is 2.90. The summed E-state index contributed by atoms with van der Waals surface area (Å²) in [6, 6.07) is 7.11. The summed E-state index contributed by atoms with van der Waals surface area (Å²) in [5.74, 6) is 0.700. The van der Waals surface area contributed by atoms with Crippen LogP contribution in [0.1, 0.15) is 35.2 Å². The van der Waals surface area contributed by atoms with E-state index in [4.69, 9.17) is 4.98 Å². The molecule has 2 N–H and O–H groups in total. The van der Waals surface area contributed by atoms with Crippen molar-refractivity contribution >= 4 is 11.6 Å². The van der Waals surface area contributed by atoms with Gasteiger partial charge in [-0.2, -0.15) is 0 Å². The average molecular weight is 323 g/mol. The Morgan fingerprint density at radius 3 is 2.58 bits per heavy atom. The van der Waals surface area contributed by atoms with E-state index in [0.717, 1.165) is 31.9 Å². The lowest BCUT2D eigenvalue weighted by Crippen LogP contribution is -2.40. The van der Waals surface area contributed by atoms with Crippen LogP contribution in [0.3, 0.4) is 0 Å². The minimum Gasteiger partial charge on any atom is -0.324 e. The van der Waals surface area contributed by atoms with Crippen molar-refractivity contribution in [2.24, 2.45) is 0 Å². The van der Waals surface area contributed by atoms with Crippen LogP contribution < -0.4 is 10.6 Å². The molecule has 1 saturated heterocycles. The van der Waals surface area contributed by atoms with Gasteiger partial charge in [-0.25, -0.2) is 9.97 Å². The zero-order valence-corrected chi connectivity index (χ0v) is 14.5. The summed E-state index contributed by atoms with van der Waals surface area (Å²) in [5.41, 5.74) is 6.00. The number of fused-ring (bicyclic) bond motifs is 1. The highest BCUT2D eigenvalue weighted by Crippen LogP contribution is 2.27. The molecule has 1 aromatic carbocycles. The minimum atomic E-state index is 0.677. The summed E-state index contributed by atoms with van der Waals surface area (Å²) in [7, 11) is 0. The molecule has 5 heteroatoms. The zero-order chi connectivity index (χ0) is 16.5. The molecule has 2 aliphatic heterocycles. The average Bonchev–Trinajstić information content (AvgIpc) is 2.98. The fourth-order valence-corrected chi connectivity index (χ4v) is 3.84. The van der Waals surface area contributed by atoms with Crippen LogP contribution in [0.2, 0.25) is 0 Å². The molecule has 4 rings (SSSR count). The molecular weight excluding hydrogens is 298 g/mol. The summed E-state index contributed by atoms with van der Waals surface area (Å²) in [5, 5.41) is 6.80. The summed E-state index contributed by atoms with van der Waals surface area (Å²) in [4.78, 5) is 11.9. The van der Waals surface area contributed by atoms with Crippen LogP contribution in [-0.2, 0) is 13.1 Å². The van der Waals surface area contributed by atoms with Crippen molar-refractivity contribution in [2.45, 2.75) is 45.8 Å². The van der Waals surface area contributed by atoms with Gasteiger partial charge in [-0.1, -0.05) is 6.07 Å². The maximum atomic E-state index is 4.77. The van der Waals surface area contributed by atoms with Gasteiger partial charge < -0.3 is 10.6 Å². The highest BCUT2D eigenvalue weighted by Gasteiger charge is 2.28. The first-order valence-electron chi connectivity index (χ1n) is 8.82. The Balaban J connectivity index is 1.49. The van der Waals surface area contributed by atoms with Crippen LogP contribution in [0.4, 0.5) is 11.6 Å². The van der Waals surface area contributed by atoms with Gasteiger partial charge in [0.25, 0.3) is 0 Å². The first kappa shape index (κ1) is 15.5.